The minimum atomic E-state index is -4.72. The van der Waals surface area contributed by atoms with E-state index in [-0.39, 0.29) is 23.1 Å². The summed E-state index contributed by atoms with van der Waals surface area (Å²) >= 11 is 3.17. The quantitative estimate of drug-likeness (QED) is 0.135. The van der Waals surface area contributed by atoms with Crippen LogP contribution in [0.1, 0.15) is 18.7 Å². The molecule has 220 valence electrons. The van der Waals surface area contributed by atoms with Gasteiger partial charge in [-0.1, -0.05) is 16.9 Å². The smallest absolute Gasteiger partial charge is 0.425 e. The van der Waals surface area contributed by atoms with E-state index < -0.39 is 48.4 Å². The number of carboxylic acids is 1. The predicted octanol–water partition coefficient (Wildman–Crippen LogP) is 1.93. The SMILES string of the molecule is C[n+]1ccc(-c2csc(SC3=C(C(=O)O)N4C(=O)[C@@H](NC(=O)/C(=N\OCC(F)(F)F)c5nsc(N)n5)[C@H]4CC3)n2)cc1. The predicted molar refractivity (Wildman–Crippen MR) is 144 cm³/mol. The van der Waals surface area contributed by atoms with Crippen molar-refractivity contribution in [3.8, 4) is 11.3 Å². The molecule has 1 saturated heterocycles. The van der Waals surface area contributed by atoms with Crippen molar-refractivity contribution in [2.75, 3.05) is 12.3 Å². The highest BCUT2D eigenvalue weighted by atomic mass is 32.2. The number of aryl methyl sites for hydroxylation is 1. The number of aliphatic carboxylic acids is 1. The number of thioether (sulfide) groups is 1. The Morgan fingerprint density at radius 3 is 2.71 bits per heavy atom. The number of β-lactam (4-membered cyclic amide) rings is 1. The van der Waals surface area contributed by atoms with Crippen LogP contribution in [-0.2, 0) is 26.3 Å². The minimum absolute atomic E-state index is 0.0778. The van der Waals surface area contributed by atoms with Gasteiger partial charge in [0.2, 0.25) is 18.1 Å². The van der Waals surface area contributed by atoms with E-state index in [9.17, 15) is 32.7 Å². The Morgan fingerprint density at radius 1 is 1.33 bits per heavy atom. The highest BCUT2D eigenvalue weighted by molar-refractivity contribution is 8.04. The maximum absolute atomic E-state index is 13.1. The van der Waals surface area contributed by atoms with Crippen molar-refractivity contribution in [3.05, 3.63) is 46.3 Å². The lowest BCUT2D eigenvalue weighted by Crippen LogP contribution is -2.72. The number of fused-ring (bicyclic) bond motifs is 1. The Bertz CT molecular complexity index is 1600. The normalized spacial score (nSPS) is 18.9. The van der Waals surface area contributed by atoms with Gasteiger partial charge in [0.25, 0.3) is 11.8 Å². The zero-order valence-electron chi connectivity index (χ0n) is 21.4. The average Bonchev–Trinajstić information content (AvgIpc) is 3.58. The number of nitrogens with one attached hydrogen (secondary N) is 1. The van der Waals surface area contributed by atoms with Crippen LogP contribution in [0.15, 0.2) is 50.0 Å². The molecule has 0 saturated carbocycles. The summed E-state index contributed by atoms with van der Waals surface area (Å²) in [5.41, 5.74) is 6.21. The van der Waals surface area contributed by atoms with Crippen molar-refractivity contribution < 1.29 is 42.1 Å². The van der Waals surface area contributed by atoms with Gasteiger partial charge in [-0.15, -0.1) is 11.3 Å². The molecule has 3 aromatic rings. The zero-order chi connectivity index (χ0) is 30.2. The summed E-state index contributed by atoms with van der Waals surface area (Å²) in [6.45, 7) is -1.78. The number of pyridine rings is 1. The van der Waals surface area contributed by atoms with Crippen LogP contribution < -0.4 is 15.6 Å². The van der Waals surface area contributed by atoms with Crippen molar-refractivity contribution in [2.24, 2.45) is 12.2 Å². The second kappa shape index (κ2) is 11.6. The molecule has 4 N–H and O–H groups in total. The summed E-state index contributed by atoms with van der Waals surface area (Å²) in [6.07, 6.45) is -0.371. The van der Waals surface area contributed by atoms with Gasteiger partial charge in [-0.2, -0.15) is 22.5 Å². The molecule has 0 aliphatic carbocycles. The minimum Gasteiger partial charge on any atom is -0.477 e. The summed E-state index contributed by atoms with van der Waals surface area (Å²) < 4.78 is 43.9. The second-order valence-corrected chi connectivity index (χ2v) is 12.0. The first-order valence-electron chi connectivity index (χ1n) is 12.0. The van der Waals surface area contributed by atoms with Crippen LogP contribution in [0, 0.1) is 0 Å². The number of hydrogen-bond donors (Lipinski definition) is 3. The summed E-state index contributed by atoms with van der Waals surface area (Å²) in [4.78, 5) is 52.4. The third-order valence-electron chi connectivity index (χ3n) is 6.10. The number of aromatic nitrogens is 4. The zero-order valence-corrected chi connectivity index (χ0v) is 23.8. The van der Waals surface area contributed by atoms with Crippen molar-refractivity contribution >= 4 is 63.3 Å². The number of alkyl halides is 3. The topological polar surface area (TPSA) is 177 Å². The number of carboxylic acid groups (broad SMARTS) is 1. The number of amides is 2. The summed E-state index contributed by atoms with van der Waals surface area (Å²) in [5, 5.41) is 17.4. The Balaban J connectivity index is 1.32. The van der Waals surface area contributed by atoms with Crippen LogP contribution in [0.4, 0.5) is 18.3 Å². The number of carbonyl (C=O) groups excluding carboxylic acids is 2. The fourth-order valence-electron chi connectivity index (χ4n) is 4.24. The fraction of sp³-hybridized carbons (Fsp3) is 0.304. The van der Waals surface area contributed by atoms with Crippen LogP contribution in [0.5, 0.6) is 0 Å². The largest absolute Gasteiger partial charge is 0.477 e. The first kappa shape index (κ1) is 29.4. The van der Waals surface area contributed by atoms with Gasteiger partial charge < -0.3 is 21.0 Å². The van der Waals surface area contributed by atoms with Gasteiger partial charge in [0, 0.05) is 39.5 Å². The standard InChI is InChI=1S/C23H19F3N8O5S3/c1-33-6-4-10(5-7-33)11-8-40-22(28-11)41-13-3-2-12-14(19(36)34(12)16(13)20(37)38)29-18(35)15(17-30-21(27)42-32-17)31-39-9-23(24,25)26/h4-8,12,14H,2-3,9H2,1H3,(H3-,27,29,30,32,35,37,38)/p+1/b31-15-/t12-,14+/m1/s1. The van der Waals surface area contributed by atoms with Crippen molar-refractivity contribution in [1.82, 2.24) is 24.6 Å². The molecule has 2 aliphatic rings. The van der Waals surface area contributed by atoms with Gasteiger partial charge >= 0.3 is 12.1 Å². The molecule has 0 unspecified atom stereocenters. The molecule has 2 amide bonds. The van der Waals surface area contributed by atoms with Crippen molar-refractivity contribution in [3.63, 3.8) is 0 Å². The van der Waals surface area contributed by atoms with E-state index in [2.05, 4.69) is 29.7 Å². The van der Waals surface area contributed by atoms with E-state index in [0.29, 0.717) is 27.2 Å². The highest BCUT2D eigenvalue weighted by Crippen LogP contribution is 2.44. The van der Waals surface area contributed by atoms with E-state index in [4.69, 9.17) is 5.73 Å². The van der Waals surface area contributed by atoms with E-state index in [0.717, 1.165) is 27.9 Å². The number of rotatable bonds is 9. The van der Waals surface area contributed by atoms with Gasteiger partial charge in [-0.25, -0.2) is 14.3 Å². The molecule has 13 nitrogen and oxygen atoms in total. The van der Waals surface area contributed by atoms with Crippen LogP contribution in [0.3, 0.4) is 0 Å². The van der Waals surface area contributed by atoms with Gasteiger partial charge in [0.1, 0.15) is 18.8 Å². The van der Waals surface area contributed by atoms with Gasteiger partial charge in [0.15, 0.2) is 21.9 Å². The average molecular weight is 642 g/mol. The molecule has 0 spiro atoms. The van der Waals surface area contributed by atoms with E-state index in [1.807, 2.05) is 41.5 Å². The third-order valence-corrected chi connectivity index (χ3v) is 8.73. The highest BCUT2D eigenvalue weighted by Gasteiger charge is 2.54. The number of anilines is 1. The summed E-state index contributed by atoms with van der Waals surface area (Å²) in [6, 6.07) is 1.94. The van der Waals surface area contributed by atoms with Gasteiger partial charge in [-0.3, -0.25) is 14.5 Å². The first-order valence-corrected chi connectivity index (χ1v) is 14.4. The molecular formula is C23H20F3N8O5S3+. The number of carbonyl (C=O) groups is 3. The summed E-state index contributed by atoms with van der Waals surface area (Å²) in [5.74, 6) is -3.50. The van der Waals surface area contributed by atoms with Crippen molar-refractivity contribution in [1.29, 1.82) is 0 Å². The lowest BCUT2D eigenvalue weighted by Gasteiger charge is -2.49. The molecule has 0 bridgehead atoms. The van der Waals surface area contributed by atoms with E-state index in [1.165, 1.54) is 11.3 Å². The first-order chi connectivity index (χ1) is 19.9. The second-order valence-electron chi connectivity index (χ2n) is 8.98. The number of oxime groups is 1. The van der Waals surface area contributed by atoms with E-state index >= 15 is 0 Å². The molecule has 3 aromatic heterocycles. The Kier molecular flexibility index (Phi) is 8.15. The van der Waals surface area contributed by atoms with Crippen LogP contribution >= 0.6 is 34.6 Å². The molecule has 5 heterocycles. The molecule has 0 aromatic carbocycles. The number of allylic oxidation sites excluding steroid dienone is 1. The van der Waals surface area contributed by atoms with Crippen LogP contribution in [-0.4, -0.2) is 72.7 Å². The number of nitrogens with two attached hydrogens (primary N) is 1. The Hall–Kier alpha value is -4.10. The monoisotopic (exact) mass is 641 g/mol. The number of nitrogen functional groups attached to an aromatic ring is 1. The molecular weight excluding hydrogens is 621 g/mol. The van der Waals surface area contributed by atoms with Crippen LogP contribution in [0.25, 0.3) is 11.3 Å². The molecule has 5 rings (SSSR count). The Morgan fingerprint density at radius 2 is 2.07 bits per heavy atom. The number of nitrogens with zero attached hydrogens (tertiary/aromatic N) is 6. The lowest BCUT2D eigenvalue weighted by atomic mass is 9.86. The maximum Gasteiger partial charge on any atom is 0.425 e. The van der Waals surface area contributed by atoms with Crippen LogP contribution in [0.2, 0.25) is 0 Å². The maximum atomic E-state index is 13.1. The molecule has 2 aliphatic heterocycles. The van der Waals surface area contributed by atoms with Gasteiger partial charge in [0.05, 0.1) is 11.7 Å². The van der Waals surface area contributed by atoms with Gasteiger partial charge in [-0.05, 0) is 12.8 Å². The molecule has 19 heteroatoms. The third kappa shape index (κ3) is 6.21. The number of thiazole rings is 1. The molecule has 42 heavy (non-hydrogen) atoms. The molecule has 0 radical (unpaired) electrons. The number of hydrogen-bond acceptors (Lipinski definition) is 12. The fourth-order valence-corrected chi connectivity index (χ4v) is 6.72. The summed E-state index contributed by atoms with van der Waals surface area (Å²) in [7, 11) is 1.89. The Labute approximate surface area is 247 Å². The van der Waals surface area contributed by atoms with E-state index in [1.54, 1.807) is 0 Å². The van der Waals surface area contributed by atoms with Crippen molar-refractivity contribution in [2.45, 2.75) is 35.4 Å². The molecule has 2 atom stereocenters. The molecule has 1 fully saturated rings. The lowest BCUT2D eigenvalue weighted by molar-refractivity contribution is -0.671. The number of halogens is 3.